The van der Waals surface area contributed by atoms with Crippen molar-refractivity contribution in [1.29, 1.82) is 0 Å². The zero-order valence-corrected chi connectivity index (χ0v) is 12.1. The zero-order valence-electron chi connectivity index (χ0n) is 9.75. The number of benzene rings is 1. The van der Waals surface area contributed by atoms with Crippen LogP contribution in [0.5, 0.6) is 0 Å². The summed E-state index contributed by atoms with van der Waals surface area (Å²) in [7, 11) is 0. The summed E-state index contributed by atoms with van der Waals surface area (Å²) >= 11 is 9.50. The molecule has 0 spiro atoms. The van der Waals surface area contributed by atoms with Gasteiger partial charge in [-0.1, -0.05) is 24.6 Å². The number of hydrogen-bond acceptors (Lipinski definition) is 1. The minimum absolute atomic E-state index is 0.0443. The lowest BCUT2D eigenvalue weighted by Crippen LogP contribution is -2.39. The lowest BCUT2D eigenvalue weighted by molar-refractivity contribution is 0.0683. The fraction of sp³-hybridized carbons (Fsp3) is 0.462. The third-order valence-corrected chi connectivity index (χ3v) is 4.42. The highest BCUT2D eigenvalue weighted by molar-refractivity contribution is 9.10. The van der Waals surface area contributed by atoms with Crippen LogP contribution in [0.15, 0.2) is 22.7 Å². The molecule has 1 fully saturated rings. The van der Waals surface area contributed by atoms with E-state index in [-0.39, 0.29) is 5.91 Å². The van der Waals surface area contributed by atoms with E-state index < -0.39 is 0 Å². The van der Waals surface area contributed by atoms with E-state index in [4.69, 9.17) is 11.6 Å². The molecule has 1 saturated heterocycles. The molecule has 17 heavy (non-hydrogen) atoms. The molecule has 1 aromatic rings. The molecule has 0 N–H and O–H groups in total. The summed E-state index contributed by atoms with van der Waals surface area (Å²) in [5.41, 5.74) is 0.593. The van der Waals surface area contributed by atoms with E-state index in [0.717, 1.165) is 24.0 Å². The predicted molar refractivity (Wildman–Crippen MR) is 73.5 cm³/mol. The second-order valence-corrected chi connectivity index (χ2v) is 5.83. The first-order valence-electron chi connectivity index (χ1n) is 5.83. The highest BCUT2D eigenvalue weighted by Gasteiger charge is 2.23. The molecule has 0 radical (unpaired) electrons. The molecule has 2 rings (SSSR count). The van der Waals surface area contributed by atoms with Crippen molar-refractivity contribution in [2.45, 2.75) is 19.8 Å². The van der Waals surface area contributed by atoms with Gasteiger partial charge in [0.25, 0.3) is 5.91 Å². The van der Waals surface area contributed by atoms with E-state index in [2.05, 4.69) is 22.9 Å². The van der Waals surface area contributed by atoms with Gasteiger partial charge in [-0.05, 0) is 46.8 Å². The van der Waals surface area contributed by atoms with Crippen molar-refractivity contribution in [2.24, 2.45) is 5.92 Å². The normalized spacial score (nSPS) is 20.4. The molecule has 92 valence electrons. The third kappa shape index (κ3) is 2.83. The van der Waals surface area contributed by atoms with Gasteiger partial charge in [0.05, 0.1) is 10.6 Å². The van der Waals surface area contributed by atoms with Gasteiger partial charge >= 0.3 is 0 Å². The predicted octanol–water partition coefficient (Wildman–Crippen LogP) is 3.97. The van der Waals surface area contributed by atoms with Crippen molar-refractivity contribution in [3.05, 3.63) is 33.3 Å². The van der Waals surface area contributed by atoms with Gasteiger partial charge in [0.1, 0.15) is 0 Å². The third-order valence-electron chi connectivity index (χ3n) is 3.13. The first kappa shape index (κ1) is 12.9. The van der Waals surface area contributed by atoms with Crippen LogP contribution in [0.2, 0.25) is 5.02 Å². The molecule has 0 aromatic heterocycles. The summed E-state index contributed by atoms with van der Waals surface area (Å²) in [5, 5.41) is 0.510. The Morgan fingerprint density at radius 2 is 2.29 bits per heavy atom. The summed E-state index contributed by atoms with van der Waals surface area (Å²) in [6.45, 7) is 3.86. The fourth-order valence-electron chi connectivity index (χ4n) is 2.21. The largest absolute Gasteiger partial charge is 0.338 e. The van der Waals surface area contributed by atoms with E-state index >= 15 is 0 Å². The van der Waals surface area contributed by atoms with Crippen LogP contribution in [-0.2, 0) is 0 Å². The molecule has 0 bridgehead atoms. The molecule has 0 saturated carbocycles. The second kappa shape index (κ2) is 5.40. The van der Waals surface area contributed by atoms with Crippen LogP contribution >= 0.6 is 27.5 Å². The standard InChI is InChI=1S/C13H15BrClNO/c1-9-4-3-7-16(8-9)13(17)10-5-2-6-11(14)12(10)15/h2,5-6,9H,3-4,7-8H2,1H3. The number of likely N-dealkylation sites (tertiary alicyclic amines) is 1. The van der Waals surface area contributed by atoms with Crippen LogP contribution in [0.25, 0.3) is 0 Å². The summed E-state index contributed by atoms with van der Waals surface area (Å²) in [4.78, 5) is 14.2. The molecule has 1 amide bonds. The van der Waals surface area contributed by atoms with E-state index in [0.29, 0.717) is 16.5 Å². The van der Waals surface area contributed by atoms with Crippen molar-refractivity contribution < 1.29 is 4.79 Å². The number of nitrogens with zero attached hydrogens (tertiary/aromatic N) is 1. The van der Waals surface area contributed by atoms with E-state index in [1.807, 2.05) is 17.0 Å². The van der Waals surface area contributed by atoms with Gasteiger partial charge in [-0.15, -0.1) is 0 Å². The van der Waals surface area contributed by atoms with Crippen LogP contribution in [0, 0.1) is 5.92 Å². The maximum atomic E-state index is 12.3. The molecule has 1 aliphatic rings. The number of piperidine rings is 1. The van der Waals surface area contributed by atoms with Gasteiger partial charge in [0, 0.05) is 17.6 Å². The molecule has 1 aliphatic heterocycles. The Labute approximate surface area is 115 Å². The molecule has 1 atom stereocenters. The first-order valence-corrected chi connectivity index (χ1v) is 7.00. The second-order valence-electron chi connectivity index (χ2n) is 4.60. The molecule has 1 heterocycles. The minimum atomic E-state index is 0.0443. The van der Waals surface area contributed by atoms with Crippen molar-refractivity contribution in [3.63, 3.8) is 0 Å². The Hall–Kier alpha value is -0.540. The maximum Gasteiger partial charge on any atom is 0.255 e. The van der Waals surface area contributed by atoms with Crippen molar-refractivity contribution >= 4 is 33.4 Å². The number of amides is 1. The summed E-state index contributed by atoms with van der Waals surface area (Å²) in [5.74, 6) is 0.626. The Balaban J connectivity index is 2.22. The molecular weight excluding hydrogens is 302 g/mol. The molecule has 4 heteroatoms. The van der Waals surface area contributed by atoms with Gasteiger partial charge in [-0.3, -0.25) is 4.79 Å². The lowest BCUT2D eigenvalue weighted by atomic mass is 9.99. The SMILES string of the molecule is CC1CCCN(C(=O)c2cccc(Br)c2Cl)C1. The van der Waals surface area contributed by atoms with E-state index in [9.17, 15) is 4.79 Å². The number of carbonyl (C=O) groups is 1. The number of halogens is 2. The Bertz CT molecular complexity index is 435. The Morgan fingerprint density at radius 3 is 3.00 bits per heavy atom. The highest BCUT2D eigenvalue weighted by atomic mass is 79.9. The van der Waals surface area contributed by atoms with Crippen molar-refractivity contribution in [3.8, 4) is 0 Å². The van der Waals surface area contributed by atoms with Crippen LogP contribution in [0.3, 0.4) is 0 Å². The van der Waals surface area contributed by atoms with E-state index in [1.165, 1.54) is 6.42 Å². The van der Waals surface area contributed by atoms with Gasteiger partial charge in [-0.25, -0.2) is 0 Å². The van der Waals surface area contributed by atoms with Gasteiger partial charge in [0.2, 0.25) is 0 Å². The quantitative estimate of drug-likeness (QED) is 0.767. The smallest absolute Gasteiger partial charge is 0.255 e. The molecule has 1 unspecified atom stereocenters. The minimum Gasteiger partial charge on any atom is -0.338 e. The monoisotopic (exact) mass is 315 g/mol. The molecule has 0 aliphatic carbocycles. The topological polar surface area (TPSA) is 20.3 Å². The summed E-state index contributed by atoms with van der Waals surface area (Å²) < 4.78 is 0.773. The zero-order chi connectivity index (χ0) is 12.4. The summed E-state index contributed by atoms with van der Waals surface area (Å²) in [6, 6.07) is 5.48. The number of rotatable bonds is 1. The van der Waals surface area contributed by atoms with Gasteiger partial charge < -0.3 is 4.90 Å². The fourth-order valence-corrected chi connectivity index (χ4v) is 2.79. The first-order chi connectivity index (χ1) is 8.09. The van der Waals surface area contributed by atoms with Crippen LogP contribution in [0.1, 0.15) is 30.1 Å². The molecule has 2 nitrogen and oxygen atoms in total. The Morgan fingerprint density at radius 1 is 1.53 bits per heavy atom. The number of carbonyl (C=O) groups excluding carboxylic acids is 1. The summed E-state index contributed by atoms with van der Waals surface area (Å²) in [6.07, 6.45) is 2.29. The lowest BCUT2D eigenvalue weighted by Gasteiger charge is -2.31. The average molecular weight is 317 g/mol. The van der Waals surface area contributed by atoms with Crippen LogP contribution in [-0.4, -0.2) is 23.9 Å². The van der Waals surface area contributed by atoms with Crippen LogP contribution in [0.4, 0.5) is 0 Å². The molecular formula is C13H15BrClNO. The maximum absolute atomic E-state index is 12.3. The highest BCUT2D eigenvalue weighted by Crippen LogP contribution is 2.28. The van der Waals surface area contributed by atoms with Crippen molar-refractivity contribution in [1.82, 2.24) is 4.90 Å². The van der Waals surface area contributed by atoms with Gasteiger partial charge in [0.15, 0.2) is 0 Å². The van der Waals surface area contributed by atoms with Crippen LogP contribution < -0.4 is 0 Å². The average Bonchev–Trinajstić information content (AvgIpc) is 2.32. The number of hydrogen-bond donors (Lipinski definition) is 0. The van der Waals surface area contributed by atoms with Gasteiger partial charge in [-0.2, -0.15) is 0 Å². The Kier molecular flexibility index (Phi) is 4.10. The van der Waals surface area contributed by atoms with Crippen molar-refractivity contribution in [2.75, 3.05) is 13.1 Å². The van der Waals surface area contributed by atoms with E-state index in [1.54, 1.807) is 6.07 Å². The molecule has 1 aromatic carbocycles.